The molecular formula is C10H16N3O15P3. The number of carbonyl (C=O) groups excluding carboxylic acids is 1. The standard InChI is InChI=1S/C10H16N3O15P3/c1-24-29(18,19)27-31(22,23)28-30(20,21)26-10-6(15)5(14)9(25-10)13-3-2-12-4(7(11)16)8(13)17/h2-3,5-6,9-10,14-15H,1H3,(H2,11,16)(H,18,19)(H,20,21)(H,22,23)/t5-,6+,9-,10-/m1/s1. The summed E-state index contributed by atoms with van der Waals surface area (Å²) in [5.41, 5.74) is 3.08. The van der Waals surface area contributed by atoms with E-state index in [1.807, 2.05) is 0 Å². The average Bonchev–Trinajstić information content (AvgIpc) is 2.87. The zero-order chi connectivity index (χ0) is 23.8. The van der Waals surface area contributed by atoms with Crippen molar-refractivity contribution in [3.63, 3.8) is 0 Å². The lowest BCUT2D eigenvalue weighted by molar-refractivity contribution is -0.135. The largest absolute Gasteiger partial charge is 0.490 e. The molecule has 1 aliphatic heterocycles. The maximum atomic E-state index is 12.2. The number of aliphatic hydroxyl groups is 2. The van der Waals surface area contributed by atoms with Crippen molar-refractivity contribution in [3.8, 4) is 0 Å². The lowest BCUT2D eigenvalue weighted by atomic mass is 10.2. The van der Waals surface area contributed by atoms with Crippen LogP contribution in [0.15, 0.2) is 17.2 Å². The first kappa shape index (κ1) is 25.9. The van der Waals surface area contributed by atoms with E-state index in [-0.39, 0.29) is 0 Å². The first-order valence-corrected chi connectivity index (χ1v) is 12.1. The van der Waals surface area contributed by atoms with Gasteiger partial charge in [0.2, 0.25) is 0 Å². The van der Waals surface area contributed by atoms with Crippen LogP contribution in [0.2, 0.25) is 0 Å². The topological polar surface area (TPSA) is 276 Å². The molecule has 7 atom stereocenters. The number of carbonyl (C=O) groups is 1. The molecule has 2 heterocycles. The van der Waals surface area contributed by atoms with E-state index in [1.54, 1.807) is 0 Å². The monoisotopic (exact) mass is 511 g/mol. The Labute approximate surface area is 171 Å². The van der Waals surface area contributed by atoms with Crippen molar-refractivity contribution in [1.29, 1.82) is 0 Å². The number of amides is 1. The zero-order valence-electron chi connectivity index (χ0n) is 15.1. The fourth-order valence-corrected chi connectivity index (χ4v) is 5.53. The molecule has 1 fully saturated rings. The summed E-state index contributed by atoms with van der Waals surface area (Å²) in [5.74, 6) is -1.22. The van der Waals surface area contributed by atoms with E-state index >= 15 is 0 Å². The first-order chi connectivity index (χ1) is 14.1. The minimum absolute atomic E-state index is 0.564. The van der Waals surface area contributed by atoms with Gasteiger partial charge in [-0.3, -0.25) is 23.2 Å². The van der Waals surface area contributed by atoms with Crippen molar-refractivity contribution < 1.29 is 65.8 Å². The molecule has 0 radical (unpaired) electrons. The molecule has 7 N–H and O–H groups in total. The van der Waals surface area contributed by atoms with Crippen LogP contribution in [0.25, 0.3) is 0 Å². The second-order valence-electron chi connectivity index (χ2n) is 5.59. The molecular weight excluding hydrogens is 495 g/mol. The molecule has 2 rings (SSSR count). The third-order valence-electron chi connectivity index (χ3n) is 3.45. The Bertz CT molecular complexity index is 1040. The molecule has 3 unspecified atom stereocenters. The molecule has 0 aliphatic carbocycles. The number of rotatable bonds is 9. The Hall–Kier alpha value is -1.36. The highest BCUT2D eigenvalue weighted by molar-refractivity contribution is 7.66. The van der Waals surface area contributed by atoms with E-state index in [1.165, 1.54) is 0 Å². The van der Waals surface area contributed by atoms with Gasteiger partial charge in [-0.15, -0.1) is 0 Å². The van der Waals surface area contributed by atoms with Crippen LogP contribution in [-0.2, 0) is 36.1 Å². The fraction of sp³-hybridized carbons (Fsp3) is 0.500. The maximum Gasteiger partial charge on any atom is 0.490 e. The summed E-state index contributed by atoms with van der Waals surface area (Å²) in [5, 5.41) is 20.0. The van der Waals surface area contributed by atoms with Gasteiger partial charge in [0, 0.05) is 19.5 Å². The number of phosphoric ester groups is 2. The Balaban J connectivity index is 2.20. The highest BCUT2D eigenvalue weighted by Gasteiger charge is 2.50. The number of primary amides is 1. The molecule has 0 aromatic carbocycles. The van der Waals surface area contributed by atoms with Crippen molar-refractivity contribution in [2.75, 3.05) is 7.11 Å². The third-order valence-corrected chi connectivity index (χ3v) is 7.69. The van der Waals surface area contributed by atoms with E-state index in [9.17, 15) is 43.3 Å². The SMILES string of the molecule is COP(=O)(O)OP(=O)(O)OP(=O)(O)O[C@H]1O[C@@H](n2ccnc(C(N)=O)c2=O)[C@H](O)[C@@H]1O. The van der Waals surface area contributed by atoms with E-state index in [0.717, 1.165) is 12.4 Å². The highest BCUT2D eigenvalue weighted by Crippen LogP contribution is 2.68. The molecule has 31 heavy (non-hydrogen) atoms. The van der Waals surface area contributed by atoms with E-state index in [0.29, 0.717) is 11.7 Å². The number of aliphatic hydroxyl groups excluding tert-OH is 2. The minimum Gasteiger partial charge on any atom is -0.385 e. The number of aromatic nitrogens is 2. The van der Waals surface area contributed by atoms with Gasteiger partial charge in [-0.25, -0.2) is 18.7 Å². The van der Waals surface area contributed by atoms with Gasteiger partial charge in [0.05, 0.1) is 0 Å². The summed E-state index contributed by atoms with van der Waals surface area (Å²) in [4.78, 5) is 54.7. The molecule has 18 nitrogen and oxygen atoms in total. The number of nitrogens with two attached hydrogens (primary N) is 1. The Morgan fingerprint density at radius 1 is 1.13 bits per heavy atom. The molecule has 0 bridgehead atoms. The van der Waals surface area contributed by atoms with Crippen LogP contribution in [0, 0.1) is 0 Å². The van der Waals surface area contributed by atoms with Crippen molar-refractivity contribution in [2.24, 2.45) is 5.73 Å². The van der Waals surface area contributed by atoms with Gasteiger partial charge >= 0.3 is 23.5 Å². The smallest absolute Gasteiger partial charge is 0.385 e. The van der Waals surface area contributed by atoms with Gasteiger partial charge in [0.15, 0.2) is 18.2 Å². The summed E-state index contributed by atoms with van der Waals surface area (Å²) in [6, 6.07) is 0. The van der Waals surface area contributed by atoms with Crippen LogP contribution in [0.1, 0.15) is 16.7 Å². The van der Waals surface area contributed by atoms with Gasteiger partial charge in [-0.1, -0.05) is 0 Å². The van der Waals surface area contributed by atoms with Crippen LogP contribution in [0.4, 0.5) is 0 Å². The van der Waals surface area contributed by atoms with Gasteiger partial charge in [-0.05, 0) is 0 Å². The third kappa shape index (κ3) is 6.34. The molecule has 21 heteroatoms. The lowest BCUT2D eigenvalue weighted by Gasteiger charge is -2.21. The highest BCUT2D eigenvalue weighted by atomic mass is 31.3. The van der Waals surface area contributed by atoms with Crippen LogP contribution >= 0.6 is 23.5 Å². The summed E-state index contributed by atoms with van der Waals surface area (Å²) in [6.45, 7) is 0. The number of phosphoric acid groups is 3. The van der Waals surface area contributed by atoms with Crippen LogP contribution in [0.3, 0.4) is 0 Å². The zero-order valence-corrected chi connectivity index (χ0v) is 17.8. The molecule has 1 aromatic rings. The summed E-state index contributed by atoms with van der Waals surface area (Å²) in [7, 11) is -15.9. The Kier molecular flexibility index (Phi) is 7.73. The number of hydrogen-bond acceptors (Lipinski definition) is 13. The summed E-state index contributed by atoms with van der Waals surface area (Å²) < 4.78 is 55.9. The van der Waals surface area contributed by atoms with Crippen LogP contribution < -0.4 is 11.3 Å². The predicted molar refractivity (Wildman–Crippen MR) is 92.7 cm³/mol. The molecule has 0 saturated carbocycles. The summed E-state index contributed by atoms with van der Waals surface area (Å²) >= 11 is 0. The molecule has 1 amide bonds. The van der Waals surface area contributed by atoms with E-state index in [4.69, 9.17) is 15.4 Å². The number of nitrogens with zero attached hydrogens (tertiary/aromatic N) is 2. The Morgan fingerprint density at radius 2 is 1.71 bits per heavy atom. The number of hydrogen-bond donors (Lipinski definition) is 6. The molecule has 1 saturated heterocycles. The Morgan fingerprint density at radius 3 is 2.26 bits per heavy atom. The maximum absolute atomic E-state index is 12.2. The van der Waals surface area contributed by atoms with Gasteiger partial charge in [0.25, 0.3) is 11.5 Å². The van der Waals surface area contributed by atoms with E-state index < -0.39 is 65.4 Å². The van der Waals surface area contributed by atoms with Gasteiger partial charge < -0.3 is 35.4 Å². The molecule has 1 aromatic heterocycles. The van der Waals surface area contributed by atoms with E-state index in [2.05, 4.69) is 22.7 Å². The van der Waals surface area contributed by atoms with Crippen molar-refractivity contribution in [2.45, 2.75) is 24.7 Å². The van der Waals surface area contributed by atoms with Crippen molar-refractivity contribution in [1.82, 2.24) is 9.55 Å². The minimum atomic E-state index is -5.73. The lowest BCUT2D eigenvalue weighted by Crippen LogP contribution is -2.37. The van der Waals surface area contributed by atoms with Gasteiger partial charge in [-0.2, -0.15) is 8.62 Å². The van der Waals surface area contributed by atoms with Crippen LogP contribution in [-0.4, -0.2) is 66.0 Å². The molecule has 0 spiro atoms. The fourth-order valence-electron chi connectivity index (χ4n) is 2.20. The second-order valence-corrected chi connectivity index (χ2v) is 10.3. The average molecular weight is 511 g/mol. The van der Waals surface area contributed by atoms with Crippen LogP contribution in [0.5, 0.6) is 0 Å². The normalized spacial score (nSPS) is 29.6. The molecule has 176 valence electrons. The second kappa shape index (κ2) is 9.25. The quantitative estimate of drug-likeness (QED) is 0.194. The number of ether oxygens (including phenoxy) is 1. The molecule has 1 aliphatic rings. The predicted octanol–water partition coefficient (Wildman–Crippen LogP) is -2.08. The van der Waals surface area contributed by atoms with Crippen molar-refractivity contribution >= 4 is 29.4 Å². The van der Waals surface area contributed by atoms with Gasteiger partial charge in [0.1, 0.15) is 12.2 Å². The first-order valence-electron chi connectivity index (χ1n) is 7.63. The summed E-state index contributed by atoms with van der Waals surface area (Å²) in [6.07, 6.45) is -6.30. The van der Waals surface area contributed by atoms with Crippen molar-refractivity contribution in [3.05, 3.63) is 28.4 Å².